The number of benzene rings is 1. The van der Waals surface area contributed by atoms with Gasteiger partial charge in [-0.25, -0.2) is 0 Å². The number of anilines is 1. The number of halogens is 2. The fourth-order valence-corrected chi connectivity index (χ4v) is 1.88. The van der Waals surface area contributed by atoms with Gasteiger partial charge in [0, 0.05) is 19.3 Å². The molecule has 0 radical (unpaired) electrons. The Labute approximate surface area is 107 Å². The van der Waals surface area contributed by atoms with Gasteiger partial charge in [-0.15, -0.1) is 0 Å². The second-order valence-corrected chi connectivity index (χ2v) is 4.80. The molecule has 2 N–H and O–H groups in total. The normalized spacial score (nSPS) is 12.6. The summed E-state index contributed by atoms with van der Waals surface area (Å²) in [5.41, 5.74) is 6.76. The van der Waals surface area contributed by atoms with Crippen molar-refractivity contribution >= 4 is 28.9 Å². The Balaban J connectivity index is 2.72. The average Bonchev–Trinajstić information content (AvgIpc) is 2.29. The van der Waals surface area contributed by atoms with Gasteiger partial charge in [-0.3, -0.25) is 0 Å². The Morgan fingerprint density at radius 2 is 2.00 bits per heavy atom. The highest BCUT2D eigenvalue weighted by atomic mass is 35.5. The monoisotopic (exact) mass is 260 g/mol. The van der Waals surface area contributed by atoms with E-state index in [0.29, 0.717) is 22.5 Å². The number of nitrogens with two attached hydrogens (primary N) is 1. The number of nitrogens with zero attached hydrogens (tertiary/aromatic N) is 1. The van der Waals surface area contributed by atoms with Gasteiger partial charge < -0.3 is 10.6 Å². The summed E-state index contributed by atoms with van der Waals surface area (Å²) in [6.07, 6.45) is 1.09. The van der Waals surface area contributed by atoms with Crippen molar-refractivity contribution in [3.63, 3.8) is 0 Å². The zero-order chi connectivity index (χ0) is 12.1. The molecule has 1 aromatic rings. The second-order valence-electron chi connectivity index (χ2n) is 3.99. The molecule has 1 atom stereocenters. The SMILES string of the molecule is CCC(CN)CN(C)c1ccc(Cl)c(Cl)c1. The average molecular weight is 261 g/mol. The highest BCUT2D eigenvalue weighted by Crippen LogP contribution is 2.27. The molecular weight excluding hydrogens is 243 g/mol. The van der Waals surface area contributed by atoms with Crippen LogP contribution in [0.25, 0.3) is 0 Å². The Morgan fingerprint density at radius 1 is 1.31 bits per heavy atom. The molecule has 4 heteroatoms. The minimum absolute atomic E-state index is 0.513. The van der Waals surface area contributed by atoms with Crippen LogP contribution < -0.4 is 10.6 Å². The maximum atomic E-state index is 5.98. The van der Waals surface area contributed by atoms with Crippen molar-refractivity contribution < 1.29 is 0 Å². The minimum Gasteiger partial charge on any atom is -0.374 e. The Kier molecular flexibility index (Phi) is 5.39. The first-order valence-corrected chi connectivity index (χ1v) is 6.20. The van der Waals surface area contributed by atoms with Crippen molar-refractivity contribution in [3.05, 3.63) is 28.2 Å². The zero-order valence-corrected chi connectivity index (χ0v) is 11.2. The maximum absolute atomic E-state index is 5.98. The summed E-state index contributed by atoms with van der Waals surface area (Å²) in [5.74, 6) is 0.513. The molecule has 0 aliphatic carbocycles. The predicted octanol–water partition coefficient (Wildman–Crippen LogP) is 3.41. The van der Waals surface area contributed by atoms with Crippen LogP contribution in [-0.2, 0) is 0 Å². The van der Waals surface area contributed by atoms with Crippen molar-refractivity contribution in [1.82, 2.24) is 0 Å². The van der Waals surface area contributed by atoms with E-state index in [4.69, 9.17) is 28.9 Å². The summed E-state index contributed by atoms with van der Waals surface area (Å²) < 4.78 is 0. The van der Waals surface area contributed by atoms with Gasteiger partial charge in [0.2, 0.25) is 0 Å². The lowest BCUT2D eigenvalue weighted by atomic mass is 10.1. The van der Waals surface area contributed by atoms with E-state index in [0.717, 1.165) is 18.7 Å². The molecule has 0 saturated heterocycles. The van der Waals surface area contributed by atoms with E-state index >= 15 is 0 Å². The number of hydrogen-bond acceptors (Lipinski definition) is 2. The van der Waals surface area contributed by atoms with Crippen LogP contribution >= 0.6 is 23.2 Å². The van der Waals surface area contributed by atoms with Gasteiger partial charge in [0.1, 0.15) is 0 Å². The summed E-state index contributed by atoms with van der Waals surface area (Å²) in [4.78, 5) is 2.16. The molecule has 90 valence electrons. The van der Waals surface area contributed by atoms with Crippen molar-refractivity contribution in [2.75, 3.05) is 25.0 Å². The lowest BCUT2D eigenvalue weighted by molar-refractivity contribution is 0.521. The van der Waals surface area contributed by atoms with Crippen LogP contribution in [0, 0.1) is 5.92 Å². The van der Waals surface area contributed by atoms with Crippen molar-refractivity contribution in [3.8, 4) is 0 Å². The van der Waals surface area contributed by atoms with E-state index in [2.05, 4.69) is 11.8 Å². The molecule has 1 unspecified atom stereocenters. The summed E-state index contributed by atoms with van der Waals surface area (Å²) >= 11 is 11.9. The smallest absolute Gasteiger partial charge is 0.0612 e. The molecule has 0 aliphatic heterocycles. The van der Waals surface area contributed by atoms with Gasteiger partial charge in [0.15, 0.2) is 0 Å². The third-order valence-electron chi connectivity index (χ3n) is 2.79. The molecule has 0 aromatic heterocycles. The summed E-state index contributed by atoms with van der Waals surface area (Å²) in [5, 5.41) is 1.18. The van der Waals surface area contributed by atoms with Gasteiger partial charge in [-0.1, -0.05) is 36.5 Å². The molecule has 1 rings (SSSR count). The summed E-state index contributed by atoms with van der Waals surface area (Å²) in [7, 11) is 2.04. The van der Waals surface area contributed by atoms with E-state index in [-0.39, 0.29) is 0 Å². The largest absolute Gasteiger partial charge is 0.374 e. The lowest BCUT2D eigenvalue weighted by Gasteiger charge is -2.24. The topological polar surface area (TPSA) is 29.3 Å². The maximum Gasteiger partial charge on any atom is 0.0612 e. The van der Waals surface area contributed by atoms with Crippen molar-refractivity contribution in [2.45, 2.75) is 13.3 Å². The predicted molar refractivity (Wildman–Crippen MR) is 72.6 cm³/mol. The molecule has 0 fully saturated rings. The molecule has 16 heavy (non-hydrogen) atoms. The first-order chi connectivity index (χ1) is 7.58. The number of hydrogen-bond donors (Lipinski definition) is 1. The van der Waals surface area contributed by atoms with E-state index in [1.54, 1.807) is 0 Å². The van der Waals surface area contributed by atoms with Crippen LogP contribution in [0.3, 0.4) is 0 Å². The highest BCUT2D eigenvalue weighted by Gasteiger charge is 2.09. The lowest BCUT2D eigenvalue weighted by Crippen LogP contribution is -2.29. The first kappa shape index (κ1) is 13.6. The van der Waals surface area contributed by atoms with Gasteiger partial charge >= 0.3 is 0 Å². The minimum atomic E-state index is 0.513. The molecule has 0 heterocycles. The van der Waals surface area contributed by atoms with Crippen LogP contribution in [0.4, 0.5) is 5.69 Å². The van der Waals surface area contributed by atoms with E-state index in [1.165, 1.54) is 0 Å². The Morgan fingerprint density at radius 3 is 2.50 bits per heavy atom. The third kappa shape index (κ3) is 3.55. The molecule has 0 amide bonds. The fraction of sp³-hybridized carbons (Fsp3) is 0.500. The quantitative estimate of drug-likeness (QED) is 0.880. The standard InChI is InChI=1S/C12H18Cl2N2/c1-3-9(7-15)8-16(2)10-4-5-11(13)12(14)6-10/h4-6,9H,3,7-8,15H2,1-2H3. The van der Waals surface area contributed by atoms with E-state index in [1.807, 2.05) is 25.2 Å². The number of rotatable bonds is 5. The van der Waals surface area contributed by atoms with Crippen LogP contribution in [0.15, 0.2) is 18.2 Å². The first-order valence-electron chi connectivity index (χ1n) is 5.44. The molecule has 0 bridgehead atoms. The van der Waals surface area contributed by atoms with E-state index in [9.17, 15) is 0 Å². The van der Waals surface area contributed by atoms with Crippen molar-refractivity contribution in [2.24, 2.45) is 11.7 Å². The molecule has 0 saturated carbocycles. The summed E-state index contributed by atoms with van der Waals surface area (Å²) in [6.45, 7) is 3.80. The van der Waals surface area contributed by atoms with Crippen molar-refractivity contribution in [1.29, 1.82) is 0 Å². The van der Waals surface area contributed by atoms with E-state index < -0.39 is 0 Å². The Bertz CT molecular complexity index is 338. The molecule has 1 aromatic carbocycles. The molecule has 0 spiro atoms. The molecular formula is C12H18Cl2N2. The van der Waals surface area contributed by atoms with Gasteiger partial charge in [0.05, 0.1) is 10.0 Å². The second kappa shape index (κ2) is 6.33. The van der Waals surface area contributed by atoms with Crippen LogP contribution in [0.1, 0.15) is 13.3 Å². The highest BCUT2D eigenvalue weighted by molar-refractivity contribution is 6.42. The van der Waals surface area contributed by atoms with Crippen LogP contribution in [0.5, 0.6) is 0 Å². The molecule has 2 nitrogen and oxygen atoms in total. The zero-order valence-electron chi connectivity index (χ0n) is 9.71. The van der Waals surface area contributed by atoms with Crippen LogP contribution in [-0.4, -0.2) is 20.1 Å². The van der Waals surface area contributed by atoms with Gasteiger partial charge in [0.25, 0.3) is 0 Å². The Hall–Kier alpha value is -0.440. The fourth-order valence-electron chi connectivity index (χ4n) is 1.59. The van der Waals surface area contributed by atoms with Crippen LogP contribution in [0.2, 0.25) is 10.0 Å². The third-order valence-corrected chi connectivity index (χ3v) is 3.53. The summed E-state index contributed by atoms with van der Waals surface area (Å²) in [6, 6.07) is 5.67. The van der Waals surface area contributed by atoms with Gasteiger partial charge in [-0.05, 0) is 30.7 Å². The van der Waals surface area contributed by atoms with Gasteiger partial charge in [-0.2, -0.15) is 0 Å². The molecule has 0 aliphatic rings.